The van der Waals surface area contributed by atoms with Gasteiger partial charge >= 0.3 is 0 Å². The van der Waals surface area contributed by atoms with Crippen LogP contribution in [-0.2, 0) is 0 Å². The number of hydrogen-bond donors (Lipinski definition) is 1. The topological polar surface area (TPSA) is 15.3 Å². The van der Waals surface area contributed by atoms with E-state index in [2.05, 4.69) is 38.0 Å². The average molecular weight is 158 g/mol. The minimum atomic E-state index is 0.667. The Bertz CT molecular complexity index is 73.6. The van der Waals surface area contributed by atoms with E-state index in [0.29, 0.717) is 6.04 Å². The van der Waals surface area contributed by atoms with Crippen LogP contribution in [0, 0.1) is 0 Å². The van der Waals surface area contributed by atoms with Crippen LogP contribution >= 0.6 is 0 Å². The molecule has 0 fully saturated rings. The third-order valence-corrected chi connectivity index (χ3v) is 2.14. The molecule has 0 aromatic heterocycles. The molecule has 0 saturated carbocycles. The Hall–Kier alpha value is -0.0800. The fraction of sp³-hybridized carbons (Fsp3) is 1.00. The molecule has 0 rings (SSSR count). The molecule has 2 heteroatoms. The summed E-state index contributed by atoms with van der Waals surface area (Å²) in [4.78, 5) is 2.31. The van der Waals surface area contributed by atoms with Gasteiger partial charge in [0.05, 0.1) is 0 Å². The SMILES string of the molecule is CCC(C)NCCN(C)CC. The first-order valence-corrected chi connectivity index (χ1v) is 4.62. The Morgan fingerprint density at radius 2 is 2.00 bits per heavy atom. The molecule has 2 nitrogen and oxygen atoms in total. The summed E-state index contributed by atoms with van der Waals surface area (Å²) in [6.07, 6.45) is 1.22. The van der Waals surface area contributed by atoms with E-state index >= 15 is 0 Å². The van der Waals surface area contributed by atoms with Gasteiger partial charge in [-0.2, -0.15) is 0 Å². The Balaban J connectivity index is 3.13. The van der Waals surface area contributed by atoms with Gasteiger partial charge in [-0.15, -0.1) is 0 Å². The lowest BCUT2D eigenvalue weighted by atomic mass is 10.2. The lowest BCUT2D eigenvalue weighted by Crippen LogP contribution is -2.33. The number of likely N-dealkylation sites (N-methyl/N-ethyl adjacent to an activating group) is 1. The predicted molar refractivity (Wildman–Crippen MR) is 50.9 cm³/mol. The van der Waals surface area contributed by atoms with Crippen LogP contribution in [0.25, 0.3) is 0 Å². The molecule has 0 aromatic carbocycles. The maximum atomic E-state index is 3.46. The van der Waals surface area contributed by atoms with Crippen LogP contribution < -0.4 is 5.32 Å². The van der Waals surface area contributed by atoms with Crippen molar-refractivity contribution in [1.82, 2.24) is 10.2 Å². The highest BCUT2D eigenvalue weighted by Crippen LogP contribution is 1.86. The van der Waals surface area contributed by atoms with Gasteiger partial charge in [-0.05, 0) is 26.9 Å². The molecule has 1 N–H and O–H groups in total. The van der Waals surface area contributed by atoms with Gasteiger partial charge in [-0.1, -0.05) is 13.8 Å². The Labute approximate surface area is 71.0 Å². The third-order valence-electron chi connectivity index (χ3n) is 2.14. The van der Waals surface area contributed by atoms with Crippen LogP contribution in [0.15, 0.2) is 0 Å². The van der Waals surface area contributed by atoms with E-state index in [1.807, 2.05) is 0 Å². The second-order valence-corrected chi connectivity index (χ2v) is 3.16. The average Bonchev–Trinajstić information content (AvgIpc) is 2.04. The predicted octanol–water partition coefficient (Wildman–Crippen LogP) is 1.33. The highest BCUT2D eigenvalue weighted by Gasteiger charge is 1.97. The van der Waals surface area contributed by atoms with Gasteiger partial charge in [-0.3, -0.25) is 0 Å². The van der Waals surface area contributed by atoms with Crippen molar-refractivity contribution < 1.29 is 0 Å². The van der Waals surface area contributed by atoms with Crippen LogP contribution in [-0.4, -0.2) is 37.6 Å². The largest absolute Gasteiger partial charge is 0.313 e. The standard InChI is InChI=1S/C9H22N2/c1-5-9(3)10-7-8-11(4)6-2/h9-10H,5-8H2,1-4H3. The summed E-state index contributed by atoms with van der Waals surface area (Å²) < 4.78 is 0. The monoisotopic (exact) mass is 158 g/mol. The number of nitrogens with zero attached hydrogens (tertiary/aromatic N) is 1. The number of hydrogen-bond acceptors (Lipinski definition) is 2. The van der Waals surface area contributed by atoms with E-state index in [1.54, 1.807) is 0 Å². The second-order valence-electron chi connectivity index (χ2n) is 3.16. The van der Waals surface area contributed by atoms with Crippen LogP contribution in [0.3, 0.4) is 0 Å². The molecule has 0 aliphatic heterocycles. The van der Waals surface area contributed by atoms with Crippen molar-refractivity contribution in [3.8, 4) is 0 Å². The summed E-state index contributed by atoms with van der Waals surface area (Å²) >= 11 is 0. The summed E-state index contributed by atoms with van der Waals surface area (Å²) in [5, 5.41) is 3.46. The van der Waals surface area contributed by atoms with E-state index in [-0.39, 0.29) is 0 Å². The van der Waals surface area contributed by atoms with Crippen molar-refractivity contribution in [1.29, 1.82) is 0 Å². The van der Waals surface area contributed by atoms with E-state index in [0.717, 1.165) is 19.6 Å². The van der Waals surface area contributed by atoms with Crippen molar-refractivity contribution in [3.05, 3.63) is 0 Å². The first kappa shape index (κ1) is 10.9. The summed E-state index contributed by atoms with van der Waals surface area (Å²) in [6.45, 7) is 10.0. The van der Waals surface area contributed by atoms with E-state index < -0.39 is 0 Å². The zero-order valence-electron chi connectivity index (χ0n) is 8.35. The smallest absolute Gasteiger partial charge is 0.0104 e. The van der Waals surface area contributed by atoms with Crippen molar-refractivity contribution in [3.63, 3.8) is 0 Å². The fourth-order valence-corrected chi connectivity index (χ4v) is 0.804. The van der Waals surface area contributed by atoms with Crippen molar-refractivity contribution >= 4 is 0 Å². The quantitative estimate of drug-likeness (QED) is 0.627. The second kappa shape index (κ2) is 6.62. The van der Waals surface area contributed by atoms with Gasteiger partial charge in [0.25, 0.3) is 0 Å². The molecule has 0 spiro atoms. The maximum Gasteiger partial charge on any atom is 0.0104 e. The van der Waals surface area contributed by atoms with Gasteiger partial charge in [0.1, 0.15) is 0 Å². The number of rotatable bonds is 6. The Morgan fingerprint density at radius 3 is 2.45 bits per heavy atom. The molecule has 0 amide bonds. The summed E-state index contributed by atoms with van der Waals surface area (Å²) in [7, 11) is 2.15. The molecule has 68 valence electrons. The van der Waals surface area contributed by atoms with Gasteiger partial charge in [0.15, 0.2) is 0 Å². The van der Waals surface area contributed by atoms with E-state index in [9.17, 15) is 0 Å². The highest BCUT2D eigenvalue weighted by molar-refractivity contribution is 4.59. The van der Waals surface area contributed by atoms with Gasteiger partial charge in [0.2, 0.25) is 0 Å². The molecule has 0 aromatic rings. The lowest BCUT2D eigenvalue weighted by Gasteiger charge is -2.16. The van der Waals surface area contributed by atoms with Crippen LogP contribution in [0.2, 0.25) is 0 Å². The molecule has 0 saturated heterocycles. The molecular weight excluding hydrogens is 136 g/mol. The minimum absolute atomic E-state index is 0.667. The maximum absolute atomic E-state index is 3.46. The minimum Gasteiger partial charge on any atom is -0.313 e. The van der Waals surface area contributed by atoms with Crippen molar-refractivity contribution in [2.75, 3.05) is 26.7 Å². The van der Waals surface area contributed by atoms with Crippen LogP contribution in [0.5, 0.6) is 0 Å². The zero-order valence-corrected chi connectivity index (χ0v) is 8.35. The molecule has 0 aliphatic carbocycles. The molecular formula is C9H22N2. The van der Waals surface area contributed by atoms with Gasteiger partial charge < -0.3 is 10.2 Å². The van der Waals surface area contributed by atoms with Gasteiger partial charge in [-0.25, -0.2) is 0 Å². The first-order valence-electron chi connectivity index (χ1n) is 4.62. The molecule has 1 atom stereocenters. The van der Waals surface area contributed by atoms with Crippen molar-refractivity contribution in [2.24, 2.45) is 0 Å². The fourth-order valence-electron chi connectivity index (χ4n) is 0.804. The third kappa shape index (κ3) is 6.32. The summed E-state index contributed by atoms with van der Waals surface area (Å²) in [5.74, 6) is 0. The molecule has 0 heterocycles. The Morgan fingerprint density at radius 1 is 1.36 bits per heavy atom. The molecule has 0 bridgehead atoms. The van der Waals surface area contributed by atoms with E-state index in [1.165, 1.54) is 6.42 Å². The molecule has 0 radical (unpaired) electrons. The van der Waals surface area contributed by atoms with Crippen LogP contribution in [0.4, 0.5) is 0 Å². The summed E-state index contributed by atoms with van der Waals surface area (Å²) in [6, 6.07) is 0.667. The molecule has 1 unspecified atom stereocenters. The van der Waals surface area contributed by atoms with Crippen molar-refractivity contribution in [2.45, 2.75) is 33.2 Å². The number of nitrogens with one attached hydrogen (secondary N) is 1. The molecule has 11 heavy (non-hydrogen) atoms. The molecule has 0 aliphatic rings. The summed E-state index contributed by atoms with van der Waals surface area (Å²) in [5.41, 5.74) is 0. The zero-order chi connectivity index (χ0) is 8.69. The highest BCUT2D eigenvalue weighted by atomic mass is 15.1. The van der Waals surface area contributed by atoms with E-state index in [4.69, 9.17) is 0 Å². The Kier molecular flexibility index (Phi) is 6.57. The lowest BCUT2D eigenvalue weighted by molar-refractivity contribution is 0.340. The van der Waals surface area contributed by atoms with Gasteiger partial charge in [0, 0.05) is 19.1 Å². The normalized spacial score (nSPS) is 13.9. The van der Waals surface area contributed by atoms with Crippen LogP contribution in [0.1, 0.15) is 27.2 Å². The first-order chi connectivity index (χ1) is 5.20.